The van der Waals surface area contributed by atoms with E-state index in [1.165, 1.54) is 161 Å². The summed E-state index contributed by atoms with van der Waals surface area (Å²) < 4.78 is 22.8. The number of ether oxygens (including phenoxy) is 4. The van der Waals surface area contributed by atoms with Crippen molar-refractivity contribution in [3.8, 4) is 0 Å². The molecule has 0 aromatic heterocycles. The number of nitrogens with zero attached hydrogens (tertiary/aromatic N) is 1. The van der Waals surface area contributed by atoms with Crippen molar-refractivity contribution in [3.05, 3.63) is 134 Å². The van der Waals surface area contributed by atoms with Crippen LogP contribution in [0.2, 0.25) is 0 Å². The first-order chi connectivity index (χ1) is 44.6. The number of allylic oxidation sites excluding steroid dienone is 22. The first-order valence-corrected chi connectivity index (χ1v) is 37.3. The molecule has 0 aliphatic rings. The highest BCUT2D eigenvalue weighted by Crippen LogP contribution is 2.18. The summed E-state index contributed by atoms with van der Waals surface area (Å²) >= 11 is 0. The molecule has 2 atom stereocenters. The van der Waals surface area contributed by atoms with Crippen LogP contribution in [0.3, 0.4) is 0 Å². The van der Waals surface area contributed by atoms with E-state index < -0.39 is 24.3 Å². The number of likely N-dealkylation sites (N-methyl/N-ethyl adjacent to an activating group) is 1. The SMILES string of the molecule is CC/C=C\C/C=C\C/C=C\C/C=C\C/C=C\C/C=C\CCCCCCCCCCC(=O)OC(COC(=O)CCCCCCCCCCCCCCCCCCCCCCCCC/C=C\C/C=C\C/C=C\C/C=C\C/C=C\CC)COC(OCC[N+](C)(C)C)C(=O)[O-]. The largest absolute Gasteiger partial charge is 0.545 e. The van der Waals surface area contributed by atoms with Crippen LogP contribution in [0.5, 0.6) is 0 Å². The second-order valence-electron chi connectivity index (χ2n) is 25.8. The minimum Gasteiger partial charge on any atom is -0.545 e. The third-order valence-electron chi connectivity index (χ3n) is 15.9. The van der Waals surface area contributed by atoms with Gasteiger partial charge in [-0.3, -0.25) is 9.59 Å². The molecule has 0 N–H and O–H groups in total. The number of carbonyl (C=O) groups excluding carboxylic acids is 3. The fraction of sp³-hybridized carbons (Fsp3) is 0.695. The number of rotatable bonds is 68. The number of aliphatic carboxylic acids is 1. The van der Waals surface area contributed by atoms with Crippen LogP contribution in [-0.2, 0) is 33.3 Å². The van der Waals surface area contributed by atoms with E-state index in [9.17, 15) is 19.5 Å². The maximum Gasteiger partial charge on any atom is 0.306 e. The van der Waals surface area contributed by atoms with Gasteiger partial charge in [0.25, 0.3) is 0 Å². The number of carboxylic acids is 1. The molecule has 0 aromatic carbocycles. The summed E-state index contributed by atoms with van der Waals surface area (Å²) in [5.41, 5.74) is 0. The molecular weight excluding hydrogens is 1130 g/mol. The molecule has 0 heterocycles. The lowest BCUT2D eigenvalue weighted by atomic mass is 10.0. The zero-order valence-corrected chi connectivity index (χ0v) is 59.4. The van der Waals surface area contributed by atoms with Crippen molar-refractivity contribution in [1.29, 1.82) is 0 Å². The number of carbonyl (C=O) groups is 3. The molecule has 9 heteroatoms. The van der Waals surface area contributed by atoms with E-state index in [1.807, 2.05) is 21.1 Å². The van der Waals surface area contributed by atoms with E-state index in [0.717, 1.165) is 116 Å². The smallest absolute Gasteiger partial charge is 0.306 e. The van der Waals surface area contributed by atoms with Gasteiger partial charge >= 0.3 is 11.9 Å². The molecule has 0 radical (unpaired) electrons. The Morgan fingerprint density at radius 1 is 0.330 bits per heavy atom. The molecule has 0 aliphatic heterocycles. The molecule has 0 saturated carbocycles. The van der Waals surface area contributed by atoms with Gasteiger partial charge in [-0.15, -0.1) is 0 Å². The van der Waals surface area contributed by atoms with Crippen LogP contribution in [0.1, 0.15) is 309 Å². The van der Waals surface area contributed by atoms with E-state index in [1.54, 1.807) is 0 Å². The fourth-order valence-electron chi connectivity index (χ4n) is 10.3. The Balaban J connectivity index is 4.05. The second-order valence-corrected chi connectivity index (χ2v) is 25.8. The normalized spacial score (nSPS) is 13.5. The lowest BCUT2D eigenvalue weighted by Crippen LogP contribution is -2.44. The van der Waals surface area contributed by atoms with E-state index in [0.29, 0.717) is 17.4 Å². The Kier molecular flexibility index (Phi) is 67.7. The summed E-state index contributed by atoms with van der Waals surface area (Å²) in [6, 6.07) is 0. The Labute approximate surface area is 560 Å². The molecule has 0 aliphatic carbocycles. The summed E-state index contributed by atoms with van der Waals surface area (Å²) in [5.74, 6) is -2.29. The molecule has 0 bridgehead atoms. The molecule has 91 heavy (non-hydrogen) atoms. The van der Waals surface area contributed by atoms with Crippen molar-refractivity contribution >= 4 is 17.9 Å². The fourth-order valence-corrected chi connectivity index (χ4v) is 10.3. The number of unbranched alkanes of at least 4 members (excludes halogenated alkanes) is 31. The highest BCUT2D eigenvalue weighted by atomic mass is 16.7. The van der Waals surface area contributed by atoms with Gasteiger partial charge in [-0.05, 0) is 109 Å². The Morgan fingerprint density at radius 3 is 0.879 bits per heavy atom. The highest BCUT2D eigenvalue weighted by Gasteiger charge is 2.22. The lowest BCUT2D eigenvalue weighted by Gasteiger charge is -2.26. The summed E-state index contributed by atoms with van der Waals surface area (Å²) in [5, 5.41) is 11.8. The number of carboxylic acid groups (broad SMARTS) is 1. The average molecular weight is 1270 g/mol. The Bertz CT molecular complexity index is 1960. The molecular formula is C82H139NO8. The third kappa shape index (κ3) is 72.7. The van der Waals surface area contributed by atoms with Crippen LogP contribution < -0.4 is 5.11 Å². The van der Waals surface area contributed by atoms with E-state index >= 15 is 0 Å². The minimum atomic E-state index is -1.63. The van der Waals surface area contributed by atoms with Crippen molar-refractivity contribution in [2.45, 2.75) is 322 Å². The van der Waals surface area contributed by atoms with Crippen molar-refractivity contribution in [2.24, 2.45) is 0 Å². The van der Waals surface area contributed by atoms with Gasteiger partial charge < -0.3 is 33.3 Å². The van der Waals surface area contributed by atoms with E-state index in [4.69, 9.17) is 18.9 Å². The summed E-state index contributed by atoms with van der Waals surface area (Å²) in [7, 11) is 5.93. The maximum absolute atomic E-state index is 12.9. The van der Waals surface area contributed by atoms with Crippen molar-refractivity contribution < 1.29 is 42.9 Å². The van der Waals surface area contributed by atoms with Gasteiger partial charge in [-0.1, -0.05) is 321 Å². The zero-order chi connectivity index (χ0) is 66.1. The molecule has 0 rings (SSSR count). The Hall–Kier alpha value is -4.57. The van der Waals surface area contributed by atoms with Gasteiger partial charge in [0, 0.05) is 12.8 Å². The van der Waals surface area contributed by atoms with Crippen molar-refractivity contribution in [2.75, 3.05) is 47.5 Å². The third-order valence-corrected chi connectivity index (χ3v) is 15.9. The zero-order valence-electron chi connectivity index (χ0n) is 59.4. The maximum atomic E-state index is 12.9. The van der Waals surface area contributed by atoms with Crippen LogP contribution in [0.4, 0.5) is 0 Å². The first kappa shape index (κ1) is 86.4. The van der Waals surface area contributed by atoms with Crippen molar-refractivity contribution in [3.63, 3.8) is 0 Å². The van der Waals surface area contributed by atoms with E-state index in [2.05, 4.69) is 148 Å². The van der Waals surface area contributed by atoms with Gasteiger partial charge in [0.05, 0.1) is 40.3 Å². The second kappa shape index (κ2) is 71.3. The Morgan fingerprint density at radius 2 is 0.593 bits per heavy atom. The van der Waals surface area contributed by atoms with Gasteiger partial charge in [0.15, 0.2) is 12.4 Å². The standard InChI is InChI=1S/C82H139NO8/c1-6-8-10-12-14-16-18-20-22-24-26-28-30-32-34-35-36-37-38-39-40-41-42-43-44-45-47-48-50-52-54-56-58-60-62-64-66-68-70-72-79(84)89-76-78(77-90-82(81(86)87)88-75-74-83(3,4)5)91-80(85)73-71-69-67-65-63-61-59-57-55-53-51-49-46-33-31-29-27-25-23-21-19-17-15-13-11-9-7-2/h8-11,14-17,20-23,26-29,32-34,46,51,53,78,82H,6-7,12-13,18-19,24-25,30-31,35-45,47-50,52,54-77H2,1-5H3/b10-8-,11-9-,16-14-,17-15-,22-20-,23-21-,28-26-,29-27-,34-32-,46-33-,53-51-. The van der Waals surface area contributed by atoms with Crippen LogP contribution in [-0.4, -0.2) is 82.3 Å². The molecule has 0 saturated heterocycles. The quantitative estimate of drug-likeness (QED) is 0.0195. The van der Waals surface area contributed by atoms with Crippen molar-refractivity contribution in [1.82, 2.24) is 0 Å². The molecule has 0 spiro atoms. The van der Waals surface area contributed by atoms with Crippen LogP contribution in [0.25, 0.3) is 0 Å². The highest BCUT2D eigenvalue weighted by molar-refractivity contribution is 5.70. The molecule has 9 nitrogen and oxygen atoms in total. The van der Waals surface area contributed by atoms with Gasteiger partial charge in [-0.2, -0.15) is 0 Å². The molecule has 2 unspecified atom stereocenters. The van der Waals surface area contributed by atoms with Crippen LogP contribution >= 0.6 is 0 Å². The number of esters is 2. The predicted molar refractivity (Wildman–Crippen MR) is 389 cm³/mol. The molecule has 0 amide bonds. The number of hydrogen-bond donors (Lipinski definition) is 0. The summed E-state index contributed by atoms with van der Waals surface area (Å²) in [6.45, 7) is 4.53. The number of hydrogen-bond acceptors (Lipinski definition) is 8. The van der Waals surface area contributed by atoms with E-state index in [-0.39, 0.29) is 38.6 Å². The topological polar surface area (TPSA) is 111 Å². The summed E-state index contributed by atoms with van der Waals surface area (Å²) in [6.07, 6.45) is 99.8. The van der Waals surface area contributed by atoms with Gasteiger partial charge in [0.1, 0.15) is 13.2 Å². The first-order valence-electron chi connectivity index (χ1n) is 37.3. The van der Waals surface area contributed by atoms with Crippen LogP contribution in [0, 0.1) is 0 Å². The average Bonchev–Trinajstić information content (AvgIpc) is 3.46. The lowest BCUT2D eigenvalue weighted by molar-refractivity contribution is -0.870. The van der Waals surface area contributed by atoms with Gasteiger partial charge in [-0.25, -0.2) is 0 Å². The minimum absolute atomic E-state index is 0.142. The summed E-state index contributed by atoms with van der Waals surface area (Å²) in [4.78, 5) is 37.5. The predicted octanol–water partition coefficient (Wildman–Crippen LogP) is 22.4. The number of quaternary nitrogens is 1. The molecule has 520 valence electrons. The monoisotopic (exact) mass is 1270 g/mol. The van der Waals surface area contributed by atoms with Crippen LogP contribution in [0.15, 0.2) is 134 Å². The van der Waals surface area contributed by atoms with Gasteiger partial charge in [0.2, 0.25) is 0 Å². The molecule has 0 fully saturated rings. The molecule has 0 aromatic rings.